The zero-order valence-corrected chi connectivity index (χ0v) is 14.7. The largest absolute Gasteiger partial charge is 0.454 e. The maximum atomic E-state index is 12.4. The summed E-state index contributed by atoms with van der Waals surface area (Å²) < 4.78 is 16.2. The second-order valence-electron chi connectivity index (χ2n) is 5.56. The lowest BCUT2D eigenvalue weighted by molar-refractivity contribution is -0.115. The van der Waals surface area contributed by atoms with E-state index in [-0.39, 0.29) is 12.7 Å². The van der Waals surface area contributed by atoms with Gasteiger partial charge in [0.05, 0.1) is 5.25 Å². The lowest BCUT2D eigenvalue weighted by atomic mass is 10.2. The molecule has 1 amide bonds. The Morgan fingerprint density at radius 2 is 1.92 bits per heavy atom. The fraction of sp³-hybridized carbons (Fsp3) is 0.167. The number of hydrogen-bond acceptors (Lipinski definition) is 7. The first-order valence-electron chi connectivity index (χ1n) is 7.95. The Morgan fingerprint density at radius 1 is 1.12 bits per heavy atom. The van der Waals surface area contributed by atoms with E-state index in [0.29, 0.717) is 28.3 Å². The monoisotopic (exact) mass is 369 g/mol. The van der Waals surface area contributed by atoms with Crippen LogP contribution in [0.5, 0.6) is 11.5 Å². The quantitative estimate of drug-likeness (QED) is 0.688. The fourth-order valence-corrected chi connectivity index (χ4v) is 3.06. The number of carbonyl (C=O) groups is 1. The molecule has 0 bridgehead atoms. The summed E-state index contributed by atoms with van der Waals surface area (Å²) in [6, 6.07) is 14.7. The minimum Gasteiger partial charge on any atom is -0.454 e. The molecule has 2 heterocycles. The average molecular weight is 369 g/mol. The SMILES string of the molecule is C[C@H](Sc1nnc(-c2ccccc2)o1)C(=O)Nc1ccc2c(c1)OCO2. The van der Waals surface area contributed by atoms with Crippen LogP contribution in [-0.4, -0.2) is 28.1 Å². The van der Waals surface area contributed by atoms with Crippen LogP contribution in [0.2, 0.25) is 0 Å². The molecule has 0 aliphatic carbocycles. The molecule has 1 aromatic heterocycles. The number of rotatable bonds is 5. The zero-order valence-electron chi connectivity index (χ0n) is 13.8. The Balaban J connectivity index is 1.39. The Bertz CT molecular complexity index is 929. The molecule has 0 saturated heterocycles. The van der Waals surface area contributed by atoms with Gasteiger partial charge in [0.2, 0.25) is 18.6 Å². The molecule has 0 radical (unpaired) electrons. The van der Waals surface area contributed by atoms with Crippen molar-refractivity contribution < 1.29 is 18.7 Å². The van der Waals surface area contributed by atoms with Crippen molar-refractivity contribution in [2.24, 2.45) is 0 Å². The van der Waals surface area contributed by atoms with Crippen LogP contribution < -0.4 is 14.8 Å². The van der Waals surface area contributed by atoms with Crippen LogP contribution in [0.3, 0.4) is 0 Å². The van der Waals surface area contributed by atoms with Crippen molar-refractivity contribution in [3.8, 4) is 23.0 Å². The van der Waals surface area contributed by atoms with Gasteiger partial charge in [-0.05, 0) is 31.2 Å². The molecular formula is C18H15N3O4S. The second kappa shape index (κ2) is 7.09. The normalized spacial score (nSPS) is 13.4. The lowest BCUT2D eigenvalue weighted by Crippen LogP contribution is -2.22. The molecule has 1 aliphatic heterocycles. The Hall–Kier alpha value is -3.00. The number of nitrogens with one attached hydrogen (secondary N) is 1. The van der Waals surface area contributed by atoms with Gasteiger partial charge in [-0.25, -0.2) is 0 Å². The van der Waals surface area contributed by atoms with E-state index in [1.165, 1.54) is 11.8 Å². The zero-order chi connectivity index (χ0) is 17.9. The van der Waals surface area contributed by atoms with Gasteiger partial charge >= 0.3 is 0 Å². The molecule has 132 valence electrons. The maximum absolute atomic E-state index is 12.4. The van der Waals surface area contributed by atoms with Gasteiger partial charge in [0.15, 0.2) is 11.5 Å². The minimum absolute atomic E-state index is 0.173. The van der Waals surface area contributed by atoms with Crippen molar-refractivity contribution in [2.75, 3.05) is 12.1 Å². The lowest BCUT2D eigenvalue weighted by Gasteiger charge is -2.10. The second-order valence-corrected chi connectivity index (χ2v) is 6.85. The highest BCUT2D eigenvalue weighted by molar-refractivity contribution is 8.00. The van der Waals surface area contributed by atoms with E-state index in [9.17, 15) is 4.79 Å². The average Bonchev–Trinajstić information content (AvgIpc) is 3.31. The molecule has 1 atom stereocenters. The van der Waals surface area contributed by atoms with Crippen molar-refractivity contribution in [2.45, 2.75) is 17.4 Å². The standard InChI is InChI=1S/C18H15N3O4S/c1-11(16(22)19-13-7-8-14-15(9-13)24-10-23-14)26-18-21-20-17(25-18)12-5-3-2-4-6-12/h2-9,11H,10H2,1H3,(H,19,22)/t11-/m0/s1. The van der Waals surface area contributed by atoms with Gasteiger partial charge in [0, 0.05) is 17.3 Å². The molecule has 3 aromatic rings. The van der Waals surface area contributed by atoms with E-state index in [1.807, 2.05) is 30.3 Å². The predicted octanol–water partition coefficient (Wildman–Crippen LogP) is 3.58. The van der Waals surface area contributed by atoms with Gasteiger partial charge < -0.3 is 19.2 Å². The highest BCUT2D eigenvalue weighted by Crippen LogP contribution is 2.34. The van der Waals surface area contributed by atoms with Gasteiger partial charge in [-0.2, -0.15) is 0 Å². The number of carbonyl (C=O) groups excluding carboxylic acids is 1. The third-order valence-electron chi connectivity index (χ3n) is 3.71. The van der Waals surface area contributed by atoms with E-state index in [2.05, 4.69) is 15.5 Å². The molecule has 0 fully saturated rings. The van der Waals surface area contributed by atoms with Crippen molar-refractivity contribution in [3.63, 3.8) is 0 Å². The molecule has 7 nitrogen and oxygen atoms in total. The van der Waals surface area contributed by atoms with Crippen molar-refractivity contribution >= 4 is 23.4 Å². The summed E-state index contributed by atoms with van der Waals surface area (Å²) in [4.78, 5) is 12.4. The minimum atomic E-state index is -0.413. The van der Waals surface area contributed by atoms with Crippen LogP contribution in [0.1, 0.15) is 6.92 Å². The number of hydrogen-bond donors (Lipinski definition) is 1. The number of benzene rings is 2. The number of fused-ring (bicyclic) bond motifs is 1. The van der Waals surface area contributed by atoms with Crippen LogP contribution in [0.15, 0.2) is 58.2 Å². The number of nitrogens with zero attached hydrogens (tertiary/aromatic N) is 2. The van der Waals surface area contributed by atoms with E-state index in [0.717, 1.165) is 5.56 Å². The van der Waals surface area contributed by atoms with Crippen LogP contribution >= 0.6 is 11.8 Å². The topological polar surface area (TPSA) is 86.5 Å². The molecule has 0 saturated carbocycles. The van der Waals surface area contributed by atoms with Gasteiger partial charge in [-0.1, -0.05) is 30.0 Å². The predicted molar refractivity (Wildman–Crippen MR) is 96.2 cm³/mol. The highest BCUT2D eigenvalue weighted by atomic mass is 32.2. The number of ether oxygens (including phenoxy) is 2. The van der Waals surface area contributed by atoms with E-state index < -0.39 is 5.25 Å². The molecular weight excluding hydrogens is 354 g/mol. The summed E-state index contributed by atoms with van der Waals surface area (Å²) in [5.74, 6) is 1.54. The summed E-state index contributed by atoms with van der Waals surface area (Å²) in [6.45, 7) is 1.97. The number of anilines is 1. The summed E-state index contributed by atoms with van der Waals surface area (Å²) in [7, 11) is 0. The summed E-state index contributed by atoms with van der Waals surface area (Å²) in [5.41, 5.74) is 1.48. The smallest absolute Gasteiger partial charge is 0.277 e. The van der Waals surface area contributed by atoms with Crippen LogP contribution in [-0.2, 0) is 4.79 Å². The number of thioether (sulfide) groups is 1. The first-order chi connectivity index (χ1) is 12.7. The first-order valence-corrected chi connectivity index (χ1v) is 8.83. The van der Waals surface area contributed by atoms with Crippen LogP contribution in [0.4, 0.5) is 5.69 Å². The molecule has 26 heavy (non-hydrogen) atoms. The van der Waals surface area contributed by atoms with Crippen molar-refractivity contribution in [1.82, 2.24) is 10.2 Å². The Kier molecular flexibility index (Phi) is 4.49. The fourth-order valence-electron chi connectivity index (χ4n) is 2.38. The summed E-state index contributed by atoms with van der Waals surface area (Å²) in [5, 5.41) is 10.8. The number of aromatic nitrogens is 2. The third-order valence-corrected chi connectivity index (χ3v) is 4.65. The Labute approximate surface area is 153 Å². The molecule has 1 N–H and O–H groups in total. The third kappa shape index (κ3) is 3.50. The van der Waals surface area contributed by atoms with Crippen molar-refractivity contribution in [3.05, 3.63) is 48.5 Å². The summed E-state index contributed by atoms with van der Waals surface area (Å²) >= 11 is 1.20. The molecule has 4 rings (SSSR count). The molecule has 8 heteroatoms. The Morgan fingerprint density at radius 3 is 2.77 bits per heavy atom. The van der Waals surface area contributed by atoms with Gasteiger partial charge in [0.1, 0.15) is 0 Å². The highest BCUT2D eigenvalue weighted by Gasteiger charge is 2.20. The van der Waals surface area contributed by atoms with E-state index in [4.69, 9.17) is 13.9 Å². The van der Waals surface area contributed by atoms with Gasteiger partial charge in [-0.3, -0.25) is 4.79 Å². The van der Waals surface area contributed by atoms with Crippen LogP contribution in [0, 0.1) is 0 Å². The van der Waals surface area contributed by atoms with Gasteiger partial charge in [-0.15, -0.1) is 10.2 Å². The van der Waals surface area contributed by atoms with E-state index >= 15 is 0 Å². The molecule has 2 aromatic carbocycles. The first kappa shape index (κ1) is 16.5. The molecule has 0 spiro atoms. The van der Waals surface area contributed by atoms with Gasteiger partial charge in [0.25, 0.3) is 5.22 Å². The number of amides is 1. The molecule has 1 aliphatic rings. The van der Waals surface area contributed by atoms with E-state index in [1.54, 1.807) is 25.1 Å². The maximum Gasteiger partial charge on any atom is 0.277 e. The molecule has 0 unspecified atom stereocenters. The van der Waals surface area contributed by atoms with Crippen molar-refractivity contribution in [1.29, 1.82) is 0 Å². The van der Waals surface area contributed by atoms with Crippen LogP contribution in [0.25, 0.3) is 11.5 Å². The summed E-state index contributed by atoms with van der Waals surface area (Å²) in [6.07, 6.45) is 0.